The molecule has 20 heavy (non-hydrogen) atoms. The van der Waals surface area contributed by atoms with Gasteiger partial charge < -0.3 is 5.73 Å². The maximum absolute atomic E-state index is 12.5. The van der Waals surface area contributed by atoms with Crippen LogP contribution in [-0.2, 0) is 10.0 Å². The Morgan fingerprint density at radius 1 is 1.35 bits per heavy atom. The molecular formula is C14H22N2O2S2. The molecule has 0 amide bonds. The van der Waals surface area contributed by atoms with Crippen molar-refractivity contribution in [2.75, 3.05) is 12.0 Å². The zero-order valence-corrected chi connectivity index (χ0v) is 13.6. The van der Waals surface area contributed by atoms with E-state index in [0.29, 0.717) is 21.4 Å². The molecule has 0 aromatic heterocycles. The predicted molar refractivity (Wildman–Crippen MR) is 85.5 cm³/mol. The predicted octanol–water partition coefficient (Wildman–Crippen LogP) is 2.53. The number of nitrogen functional groups attached to an aromatic ring is 1. The zero-order valence-electron chi connectivity index (χ0n) is 11.9. The van der Waals surface area contributed by atoms with E-state index in [1.54, 1.807) is 25.1 Å². The summed E-state index contributed by atoms with van der Waals surface area (Å²) in [6.45, 7) is 1.75. The van der Waals surface area contributed by atoms with Crippen molar-refractivity contribution in [3.05, 3.63) is 23.8 Å². The van der Waals surface area contributed by atoms with E-state index in [2.05, 4.69) is 11.0 Å². The second kappa shape index (κ2) is 6.37. The van der Waals surface area contributed by atoms with Gasteiger partial charge in [-0.2, -0.15) is 11.8 Å². The van der Waals surface area contributed by atoms with Crippen molar-refractivity contribution < 1.29 is 8.42 Å². The molecule has 2 rings (SSSR count). The Balaban J connectivity index is 2.17. The van der Waals surface area contributed by atoms with E-state index in [1.165, 1.54) is 6.42 Å². The average Bonchev–Trinajstić information content (AvgIpc) is 2.41. The van der Waals surface area contributed by atoms with Crippen LogP contribution in [-0.4, -0.2) is 26.0 Å². The first-order chi connectivity index (χ1) is 9.44. The molecule has 0 spiro atoms. The summed E-state index contributed by atoms with van der Waals surface area (Å²) in [6.07, 6.45) is 6.16. The first-order valence-corrected chi connectivity index (χ1v) is 9.61. The van der Waals surface area contributed by atoms with E-state index in [4.69, 9.17) is 5.73 Å². The normalized spacial score (nSPS) is 23.7. The van der Waals surface area contributed by atoms with Crippen LogP contribution < -0.4 is 10.5 Å². The minimum Gasteiger partial charge on any atom is -0.398 e. The monoisotopic (exact) mass is 314 g/mol. The van der Waals surface area contributed by atoms with Crippen LogP contribution in [0.2, 0.25) is 0 Å². The Morgan fingerprint density at radius 2 is 2.10 bits per heavy atom. The molecular weight excluding hydrogens is 292 g/mol. The Kier molecular flexibility index (Phi) is 4.99. The molecule has 6 heteroatoms. The minimum absolute atomic E-state index is 0.0343. The van der Waals surface area contributed by atoms with Crippen molar-refractivity contribution >= 4 is 27.5 Å². The quantitative estimate of drug-likeness (QED) is 0.838. The Labute approximate surface area is 125 Å². The minimum atomic E-state index is -3.48. The lowest BCUT2D eigenvalue weighted by Crippen LogP contribution is -2.39. The number of nitrogens with two attached hydrogens (primary N) is 1. The van der Waals surface area contributed by atoms with E-state index in [9.17, 15) is 8.42 Å². The third-order valence-corrected chi connectivity index (χ3v) is 6.66. The molecule has 0 bridgehead atoms. The molecule has 1 saturated carbocycles. The van der Waals surface area contributed by atoms with Gasteiger partial charge in [-0.05, 0) is 50.1 Å². The highest BCUT2D eigenvalue weighted by Crippen LogP contribution is 2.28. The van der Waals surface area contributed by atoms with Crippen LogP contribution in [0.5, 0.6) is 0 Å². The van der Waals surface area contributed by atoms with Gasteiger partial charge in [-0.25, -0.2) is 13.1 Å². The van der Waals surface area contributed by atoms with Gasteiger partial charge in [0.15, 0.2) is 0 Å². The van der Waals surface area contributed by atoms with Crippen LogP contribution >= 0.6 is 11.8 Å². The van der Waals surface area contributed by atoms with Crippen molar-refractivity contribution in [1.29, 1.82) is 0 Å². The molecule has 0 heterocycles. The van der Waals surface area contributed by atoms with Gasteiger partial charge in [0.25, 0.3) is 0 Å². The number of anilines is 1. The molecule has 1 aliphatic rings. The molecule has 1 aromatic carbocycles. The molecule has 0 saturated heterocycles. The number of hydrogen-bond donors (Lipinski definition) is 2. The van der Waals surface area contributed by atoms with Crippen LogP contribution in [0.1, 0.15) is 31.2 Å². The number of benzene rings is 1. The Hall–Kier alpha value is -0.720. The van der Waals surface area contributed by atoms with Crippen LogP contribution in [0.3, 0.4) is 0 Å². The van der Waals surface area contributed by atoms with Gasteiger partial charge in [0, 0.05) is 17.0 Å². The fourth-order valence-electron chi connectivity index (χ4n) is 2.67. The maximum atomic E-state index is 12.5. The zero-order chi connectivity index (χ0) is 14.8. The first-order valence-electron chi connectivity index (χ1n) is 6.84. The number of thioether (sulfide) groups is 1. The fourth-order valence-corrected chi connectivity index (χ4v) is 5.06. The largest absolute Gasteiger partial charge is 0.398 e. The van der Waals surface area contributed by atoms with Crippen molar-refractivity contribution in [2.24, 2.45) is 0 Å². The summed E-state index contributed by atoms with van der Waals surface area (Å²) in [5.41, 5.74) is 6.93. The van der Waals surface area contributed by atoms with E-state index in [1.807, 2.05) is 11.8 Å². The van der Waals surface area contributed by atoms with Gasteiger partial charge in [0.2, 0.25) is 10.0 Å². The van der Waals surface area contributed by atoms with Crippen LogP contribution in [0.25, 0.3) is 0 Å². The van der Waals surface area contributed by atoms with E-state index >= 15 is 0 Å². The molecule has 0 radical (unpaired) electrons. The maximum Gasteiger partial charge on any atom is 0.241 e. The fraction of sp³-hybridized carbons (Fsp3) is 0.571. The van der Waals surface area contributed by atoms with Gasteiger partial charge in [-0.1, -0.05) is 12.5 Å². The molecule has 1 fully saturated rings. The lowest BCUT2D eigenvalue weighted by atomic mass is 9.96. The first kappa shape index (κ1) is 15.7. The molecule has 4 nitrogen and oxygen atoms in total. The lowest BCUT2D eigenvalue weighted by Gasteiger charge is -2.28. The molecule has 112 valence electrons. The Bertz CT molecular complexity index is 573. The summed E-state index contributed by atoms with van der Waals surface area (Å²) in [4.78, 5) is 0.295. The topological polar surface area (TPSA) is 72.2 Å². The highest BCUT2D eigenvalue weighted by molar-refractivity contribution is 7.99. The van der Waals surface area contributed by atoms with Crippen molar-refractivity contribution in [2.45, 2.75) is 48.8 Å². The molecule has 2 unspecified atom stereocenters. The van der Waals surface area contributed by atoms with Gasteiger partial charge in [-0.3, -0.25) is 0 Å². The molecule has 1 aliphatic carbocycles. The highest BCUT2D eigenvalue weighted by Gasteiger charge is 2.27. The molecule has 2 atom stereocenters. The molecule has 0 aliphatic heterocycles. The van der Waals surface area contributed by atoms with Crippen molar-refractivity contribution in [3.8, 4) is 0 Å². The number of hydrogen-bond acceptors (Lipinski definition) is 4. The van der Waals surface area contributed by atoms with Gasteiger partial charge >= 0.3 is 0 Å². The second-order valence-electron chi connectivity index (χ2n) is 5.31. The van der Waals surface area contributed by atoms with E-state index < -0.39 is 10.0 Å². The van der Waals surface area contributed by atoms with Gasteiger partial charge in [0.05, 0.1) is 4.90 Å². The molecule has 1 aromatic rings. The van der Waals surface area contributed by atoms with Crippen molar-refractivity contribution in [1.82, 2.24) is 4.72 Å². The highest BCUT2D eigenvalue weighted by atomic mass is 32.2. The smallest absolute Gasteiger partial charge is 0.241 e. The van der Waals surface area contributed by atoms with E-state index in [-0.39, 0.29) is 6.04 Å². The SMILES string of the molecule is CSC1CCCC(NS(=O)(=O)c2cccc(N)c2C)C1. The van der Waals surface area contributed by atoms with Gasteiger partial charge in [0.1, 0.15) is 0 Å². The van der Waals surface area contributed by atoms with Gasteiger partial charge in [-0.15, -0.1) is 0 Å². The second-order valence-corrected chi connectivity index (χ2v) is 8.13. The summed E-state index contributed by atoms with van der Waals surface area (Å²) in [7, 11) is -3.48. The van der Waals surface area contributed by atoms with Crippen LogP contribution in [0.15, 0.2) is 23.1 Å². The van der Waals surface area contributed by atoms with Crippen molar-refractivity contribution in [3.63, 3.8) is 0 Å². The Morgan fingerprint density at radius 3 is 2.80 bits per heavy atom. The summed E-state index contributed by atoms with van der Waals surface area (Å²) in [6, 6.07) is 5.05. The van der Waals surface area contributed by atoms with Crippen LogP contribution in [0, 0.1) is 6.92 Å². The summed E-state index contributed by atoms with van der Waals surface area (Å²) < 4.78 is 27.8. The average molecular weight is 314 g/mol. The summed E-state index contributed by atoms with van der Waals surface area (Å²) in [5.74, 6) is 0. The van der Waals surface area contributed by atoms with Crippen LogP contribution in [0.4, 0.5) is 5.69 Å². The summed E-state index contributed by atoms with van der Waals surface area (Å²) >= 11 is 1.82. The van der Waals surface area contributed by atoms with E-state index in [0.717, 1.165) is 19.3 Å². The summed E-state index contributed by atoms with van der Waals surface area (Å²) in [5, 5.41) is 0.554. The standard InChI is InChI=1S/C14H22N2O2S2/c1-10-13(15)7-4-8-14(10)20(17,18)16-11-5-3-6-12(9-11)19-2/h4,7-8,11-12,16H,3,5-6,9,15H2,1-2H3. The third kappa shape index (κ3) is 3.48. The third-order valence-electron chi connectivity index (χ3n) is 3.90. The number of nitrogens with one attached hydrogen (secondary N) is 1. The molecule has 3 N–H and O–H groups in total. The lowest BCUT2D eigenvalue weighted by molar-refractivity contribution is 0.420. The number of rotatable bonds is 4. The number of sulfonamides is 1.